The Labute approximate surface area is 241 Å². The van der Waals surface area contributed by atoms with Gasteiger partial charge in [0.1, 0.15) is 6.10 Å². The molecule has 5 heteroatoms. The molecule has 0 radical (unpaired) electrons. The Morgan fingerprint density at radius 3 is 2.05 bits per heavy atom. The molecule has 1 aromatic carbocycles. The Morgan fingerprint density at radius 1 is 0.825 bits per heavy atom. The molecular weight excluding hydrogens is 509 g/mol. The fourth-order valence-corrected chi connectivity index (χ4v) is 9.05. The summed E-state index contributed by atoms with van der Waals surface area (Å²) in [5.41, 5.74) is 1.94. The highest BCUT2D eigenvalue weighted by atomic mass is 19.4. The van der Waals surface area contributed by atoms with Gasteiger partial charge in [-0.3, -0.25) is 0 Å². The van der Waals surface area contributed by atoms with Crippen LogP contribution in [0.2, 0.25) is 0 Å². The van der Waals surface area contributed by atoms with Crippen molar-refractivity contribution in [3.8, 4) is 11.5 Å². The fourth-order valence-electron chi connectivity index (χ4n) is 9.05. The van der Waals surface area contributed by atoms with Gasteiger partial charge in [0.15, 0.2) is 11.5 Å². The number of hydrogen-bond acceptors (Lipinski definition) is 2. The molecule has 3 saturated carbocycles. The van der Waals surface area contributed by atoms with E-state index in [1.54, 1.807) is 6.07 Å². The lowest BCUT2D eigenvalue weighted by atomic mass is 9.66. The van der Waals surface area contributed by atoms with Gasteiger partial charge < -0.3 is 9.47 Å². The van der Waals surface area contributed by atoms with Crippen LogP contribution in [-0.2, 0) is 6.42 Å². The summed E-state index contributed by atoms with van der Waals surface area (Å²) in [6.45, 7) is 6.99. The van der Waals surface area contributed by atoms with Crippen molar-refractivity contribution >= 4 is 0 Å². The summed E-state index contributed by atoms with van der Waals surface area (Å²) in [6, 6.07) is 3.84. The Kier molecular flexibility index (Phi) is 9.99. The maximum Gasteiger partial charge on any atom is 0.573 e. The van der Waals surface area contributed by atoms with E-state index >= 15 is 0 Å². The van der Waals surface area contributed by atoms with Gasteiger partial charge in [0.25, 0.3) is 0 Å². The lowest BCUT2D eigenvalue weighted by Gasteiger charge is -2.40. The molecule has 4 aliphatic rings. The normalized spacial score (nSPS) is 34.0. The molecule has 1 aliphatic heterocycles. The van der Waals surface area contributed by atoms with Crippen LogP contribution in [0.15, 0.2) is 12.1 Å². The Bertz CT molecular complexity index is 935. The summed E-state index contributed by atoms with van der Waals surface area (Å²) in [7, 11) is 0. The Hall–Kier alpha value is -1.39. The first-order chi connectivity index (χ1) is 19.2. The summed E-state index contributed by atoms with van der Waals surface area (Å²) < 4.78 is 51.6. The lowest BCUT2D eigenvalue weighted by Crippen LogP contribution is -2.34. The second kappa shape index (κ2) is 13.3. The second-order valence-corrected chi connectivity index (χ2v) is 14.0. The molecule has 0 spiro atoms. The van der Waals surface area contributed by atoms with E-state index < -0.39 is 6.36 Å². The number of rotatable bonds is 8. The van der Waals surface area contributed by atoms with E-state index in [4.69, 9.17) is 4.74 Å². The van der Waals surface area contributed by atoms with E-state index in [9.17, 15) is 13.2 Å². The van der Waals surface area contributed by atoms with Gasteiger partial charge in [0.05, 0.1) is 0 Å². The van der Waals surface area contributed by atoms with Crippen molar-refractivity contribution in [3.63, 3.8) is 0 Å². The van der Waals surface area contributed by atoms with E-state index in [0.29, 0.717) is 17.6 Å². The van der Waals surface area contributed by atoms with E-state index in [1.165, 1.54) is 70.6 Å². The molecule has 1 aromatic rings. The summed E-state index contributed by atoms with van der Waals surface area (Å²) in [5.74, 6) is 5.20. The van der Waals surface area contributed by atoms with E-state index in [0.717, 1.165) is 79.2 Å². The van der Waals surface area contributed by atoms with Crippen LogP contribution in [-0.4, -0.2) is 12.5 Å². The smallest absolute Gasteiger partial charge is 0.486 e. The third kappa shape index (κ3) is 7.33. The first-order valence-electron chi connectivity index (χ1n) is 16.8. The predicted octanol–water partition coefficient (Wildman–Crippen LogP) is 11.0. The van der Waals surface area contributed by atoms with Crippen LogP contribution in [0.5, 0.6) is 11.5 Å². The molecule has 40 heavy (non-hydrogen) atoms. The maximum atomic E-state index is 13.5. The maximum absolute atomic E-state index is 13.5. The lowest BCUT2D eigenvalue weighted by molar-refractivity contribution is -0.275. The quantitative estimate of drug-likeness (QED) is 0.314. The van der Waals surface area contributed by atoms with Crippen LogP contribution in [0.3, 0.4) is 0 Å². The summed E-state index contributed by atoms with van der Waals surface area (Å²) in [6.07, 6.45) is 15.6. The average Bonchev–Trinajstić information content (AvgIpc) is 2.96. The van der Waals surface area contributed by atoms with Gasteiger partial charge in [0.2, 0.25) is 0 Å². The van der Waals surface area contributed by atoms with E-state index in [1.807, 2.05) is 0 Å². The molecule has 2 nitrogen and oxygen atoms in total. The molecule has 1 heterocycles. The van der Waals surface area contributed by atoms with Crippen molar-refractivity contribution in [2.24, 2.45) is 35.5 Å². The minimum absolute atomic E-state index is 0.00206. The summed E-state index contributed by atoms with van der Waals surface area (Å²) in [4.78, 5) is 0. The second-order valence-electron chi connectivity index (χ2n) is 14.0. The zero-order chi connectivity index (χ0) is 28.3. The number of ether oxygens (including phenoxy) is 2. The molecular formula is C35H53F3O2. The number of benzene rings is 1. The van der Waals surface area contributed by atoms with Gasteiger partial charge in [-0.25, -0.2) is 0 Å². The van der Waals surface area contributed by atoms with Crippen LogP contribution < -0.4 is 9.47 Å². The van der Waals surface area contributed by atoms with Crippen LogP contribution >= 0.6 is 0 Å². The van der Waals surface area contributed by atoms with Crippen molar-refractivity contribution in [1.82, 2.24) is 0 Å². The highest BCUT2D eigenvalue weighted by Gasteiger charge is 2.38. The summed E-state index contributed by atoms with van der Waals surface area (Å²) >= 11 is 0. The van der Waals surface area contributed by atoms with Crippen LogP contribution in [0.1, 0.15) is 141 Å². The van der Waals surface area contributed by atoms with Crippen molar-refractivity contribution in [1.29, 1.82) is 0 Å². The first-order valence-corrected chi connectivity index (χ1v) is 16.8. The number of halogens is 3. The predicted molar refractivity (Wildman–Crippen MR) is 156 cm³/mol. The Balaban J connectivity index is 1.22. The molecule has 0 N–H and O–H groups in total. The Morgan fingerprint density at radius 2 is 1.45 bits per heavy atom. The zero-order valence-corrected chi connectivity index (χ0v) is 25.2. The van der Waals surface area contributed by atoms with E-state index in [-0.39, 0.29) is 11.9 Å². The van der Waals surface area contributed by atoms with Gasteiger partial charge in [-0.15, -0.1) is 13.2 Å². The first kappa shape index (κ1) is 30.1. The molecule has 0 amide bonds. The van der Waals surface area contributed by atoms with Gasteiger partial charge in [-0.2, -0.15) is 0 Å². The third-order valence-corrected chi connectivity index (χ3v) is 11.6. The molecule has 2 unspecified atom stereocenters. The molecule has 2 atom stereocenters. The average molecular weight is 563 g/mol. The number of hydrogen-bond donors (Lipinski definition) is 0. The number of fused-ring (bicyclic) bond motifs is 1. The number of aryl methyl sites for hydroxylation is 1. The van der Waals surface area contributed by atoms with Crippen LogP contribution in [0.25, 0.3) is 0 Å². The monoisotopic (exact) mass is 562 g/mol. The van der Waals surface area contributed by atoms with Crippen molar-refractivity contribution in [2.45, 2.75) is 148 Å². The molecule has 0 saturated heterocycles. The number of alkyl halides is 3. The molecule has 5 rings (SSSR count). The van der Waals surface area contributed by atoms with Gasteiger partial charge in [-0.1, -0.05) is 58.9 Å². The minimum Gasteiger partial charge on any atom is -0.486 e. The third-order valence-electron chi connectivity index (χ3n) is 11.6. The summed E-state index contributed by atoms with van der Waals surface area (Å²) in [5, 5.41) is 0. The van der Waals surface area contributed by atoms with Crippen LogP contribution in [0.4, 0.5) is 13.2 Å². The molecule has 226 valence electrons. The molecule has 0 aromatic heterocycles. The van der Waals surface area contributed by atoms with Crippen molar-refractivity contribution in [3.05, 3.63) is 23.3 Å². The van der Waals surface area contributed by atoms with Crippen molar-refractivity contribution in [2.75, 3.05) is 0 Å². The standard InChI is InChI=1S/C35H53F3O2/c1-4-6-23(3)25-11-13-26(14-12-25)27-15-17-28(18-16-27)31-21-30-19-20-32(29-9-7-24(5-2)8-10-29)39-34(30)33(22-31)40-35(36,37)38/h21-29,32H,4-20H2,1-3H3. The largest absolute Gasteiger partial charge is 0.573 e. The van der Waals surface area contributed by atoms with Crippen molar-refractivity contribution < 1.29 is 22.6 Å². The van der Waals surface area contributed by atoms with Crippen LogP contribution in [0, 0.1) is 35.5 Å². The fraction of sp³-hybridized carbons (Fsp3) is 0.829. The molecule has 0 bridgehead atoms. The highest BCUT2D eigenvalue weighted by Crippen LogP contribution is 2.49. The minimum atomic E-state index is -4.72. The van der Waals surface area contributed by atoms with E-state index in [2.05, 4.69) is 31.6 Å². The van der Waals surface area contributed by atoms with Gasteiger partial charge >= 0.3 is 6.36 Å². The highest BCUT2D eigenvalue weighted by molar-refractivity contribution is 5.51. The SMILES string of the molecule is CCCC(C)C1CCC(C2CCC(c3cc4c(c(OC(F)(F)F)c3)OC(C3CCC(CC)CC3)CC4)CC2)CC1. The topological polar surface area (TPSA) is 18.5 Å². The molecule has 3 fully saturated rings. The van der Waals surface area contributed by atoms with Gasteiger partial charge in [-0.05, 0) is 136 Å². The molecule has 3 aliphatic carbocycles. The van der Waals surface area contributed by atoms with Gasteiger partial charge in [0, 0.05) is 0 Å². The zero-order valence-electron chi connectivity index (χ0n) is 25.2.